The summed E-state index contributed by atoms with van der Waals surface area (Å²) in [4.78, 5) is 9.95. The smallest absolute Gasteiger partial charge is 0.144 e. The number of carbonyl (C=O) groups excluding carboxylic acids is 1. The van der Waals surface area contributed by atoms with E-state index in [1.54, 1.807) is 11.3 Å². The second-order valence-corrected chi connectivity index (χ2v) is 2.85. The molecule has 0 amide bonds. The molecule has 0 N–H and O–H groups in total. The molecule has 0 fully saturated rings. The lowest BCUT2D eigenvalue weighted by Gasteiger charge is -1.87. The van der Waals surface area contributed by atoms with Crippen molar-refractivity contribution in [3.8, 4) is 0 Å². The number of aldehydes is 1. The van der Waals surface area contributed by atoms with Gasteiger partial charge in [0.05, 0.1) is 5.03 Å². The first-order valence-electron chi connectivity index (χ1n) is 2.68. The first-order valence-corrected chi connectivity index (χ1v) is 4.00. The lowest BCUT2D eigenvalue weighted by molar-refractivity contribution is -0.104. The second-order valence-electron chi connectivity index (χ2n) is 1.66. The molecule has 3 heteroatoms. The molecule has 0 spiro atoms. The van der Waals surface area contributed by atoms with E-state index in [4.69, 9.17) is 11.6 Å². The van der Waals surface area contributed by atoms with Crippen LogP contribution < -0.4 is 0 Å². The summed E-state index contributed by atoms with van der Waals surface area (Å²) in [6.45, 7) is 0. The van der Waals surface area contributed by atoms with Gasteiger partial charge in [-0.1, -0.05) is 11.6 Å². The fraction of sp³-hybridized carbons (Fsp3) is 0. The van der Waals surface area contributed by atoms with Crippen molar-refractivity contribution < 1.29 is 4.79 Å². The number of allylic oxidation sites excluding steroid dienone is 1. The summed E-state index contributed by atoms with van der Waals surface area (Å²) in [6, 6.07) is 1.87. The SMILES string of the molecule is O=CC=C(Cl)c1ccsc1. The molecule has 0 aromatic carbocycles. The Morgan fingerprint density at radius 2 is 2.50 bits per heavy atom. The topological polar surface area (TPSA) is 17.1 Å². The van der Waals surface area contributed by atoms with E-state index < -0.39 is 0 Å². The van der Waals surface area contributed by atoms with Gasteiger partial charge >= 0.3 is 0 Å². The van der Waals surface area contributed by atoms with Gasteiger partial charge in [-0.25, -0.2) is 0 Å². The van der Waals surface area contributed by atoms with Gasteiger partial charge in [0.2, 0.25) is 0 Å². The van der Waals surface area contributed by atoms with E-state index in [0.717, 1.165) is 5.56 Å². The minimum absolute atomic E-state index is 0.497. The highest BCUT2D eigenvalue weighted by Gasteiger charge is 1.94. The van der Waals surface area contributed by atoms with Gasteiger partial charge in [-0.15, -0.1) is 0 Å². The third kappa shape index (κ3) is 1.69. The average Bonchev–Trinajstić information content (AvgIpc) is 2.38. The standard InChI is InChI=1S/C7H5ClOS/c8-7(1-3-9)6-2-4-10-5-6/h1-5H. The van der Waals surface area contributed by atoms with E-state index in [2.05, 4.69) is 0 Å². The summed E-state index contributed by atoms with van der Waals surface area (Å²) in [5.41, 5.74) is 0.902. The zero-order valence-corrected chi connectivity index (χ0v) is 6.65. The normalized spacial score (nSPS) is 11.5. The molecule has 1 heterocycles. The zero-order valence-electron chi connectivity index (χ0n) is 5.08. The highest BCUT2D eigenvalue weighted by Crippen LogP contribution is 2.20. The van der Waals surface area contributed by atoms with E-state index in [1.165, 1.54) is 6.08 Å². The van der Waals surface area contributed by atoms with Gasteiger partial charge in [0.1, 0.15) is 6.29 Å². The Bertz CT molecular complexity index is 238. The van der Waals surface area contributed by atoms with Crippen LogP contribution in [-0.4, -0.2) is 6.29 Å². The predicted octanol–water partition coefficient (Wildman–Crippen LogP) is 2.53. The molecule has 0 aliphatic rings. The molecule has 0 saturated heterocycles. The third-order valence-electron chi connectivity index (χ3n) is 1.01. The molecule has 52 valence electrons. The van der Waals surface area contributed by atoms with Crippen molar-refractivity contribution in [2.45, 2.75) is 0 Å². The fourth-order valence-electron chi connectivity index (χ4n) is 0.556. The summed E-state index contributed by atoms with van der Waals surface area (Å²) in [5, 5.41) is 4.30. The number of thiophene rings is 1. The molecule has 1 nitrogen and oxygen atoms in total. The Balaban J connectivity index is 2.86. The van der Waals surface area contributed by atoms with Crippen molar-refractivity contribution in [3.05, 3.63) is 28.5 Å². The van der Waals surface area contributed by atoms with Crippen molar-refractivity contribution in [2.24, 2.45) is 0 Å². The number of halogens is 1. The Morgan fingerprint density at radius 3 is 3.00 bits per heavy atom. The molecule has 1 rings (SSSR count). The molecule has 0 atom stereocenters. The Morgan fingerprint density at radius 1 is 1.70 bits per heavy atom. The maximum Gasteiger partial charge on any atom is 0.144 e. The monoisotopic (exact) mass is 172 g/mol. The number of hydrogen-bond acceptors (Lipinski definition) is 2. The highest BCUT2D eigenvalue weighted by atomic mass is 35.5. The van der Waals surface area contributed by atoms with E-state index >= 15 is 0 Å². The Labute approximate surface area is 67.9 Å². The summed E-state index contributed by atoms with van der Waals surface area (Å²) in [7, 11) is 0. The fourth-order valence-corrected chi connectivity index (χ4v) is 1.45. The lowest BCUT2D eigenvalue weighted by Crippen LogP contribution is -1.69. The van der Waals surface area contributed by atoms with Crippen molar-refractivity contribution >= 4 is 34.3 Å². The van der Waals surface area contributed by atoms with Crippen LogP contribution in [0.5, 0.6) is 0 Å². The van der Waals surface area contributed by atoms with Crippen LogP contribution in [-0.2, 0) is 4.79 Å². The molecule has 0 aliphatic heterocycles. The molecular weight excluding hydrogens is 168 g/mol. The van der Waals surface area contributed by atoms with Crippen LogP contribution in [0.1, 0.15) is 5.56 Å². The van der Waals surface area contributed by atoms with Gasteiger partial charge in [0.15, 0.2) is 0 Å². The van der Waals surface area contributed by atoms with Crippen molar-refractivity contribution in [3.63, 3.8) is 0 Å². The summed E-state index contributed by atoms with van der Waals surface area (Å²) in [6.07, 6.45) is 2.02. The Hall–Kier alpha value is -0.600. The largest absolute Gasteiger partial charge is 0.299 e. The molecule has 0 radical (unpaired) electrons. The van der Waals surface area contributed by atoms with Crippen LogP contribution in [0.2, 0.25) is 0 Å². The summed E-state index contributed by atoms with van der Waals surface area (Å²) in [5.74, 6) is 0. The van der Waals surface area contributed by atoms with E-state index in [1.807, 2.05) is 16.8 Å². The van der Waals surface area contributed by atoms with Gasteiger partial charge in [0.25, 0.3) is 0 Å². The van der Waals surface area contributed by atoms with Crippen molar-refractivity contribution in [2.75, 3.05) is 0 Å². The summed E-state index contributed by atoms with van der Waals surface area (Å²) >= 11 is 7.24. The van der Waals surface area contributed by atoms with Crippen LogP contribution in [0.4, 0.5) is 0 Å². The third-order valence-corrected chi connectivity index (χ3v) is 2.04. The molecule has 10 heavy (non-hydrogen) atoms. The highest BCUT2D eigenvalue weighted by molar-refractivity contribution is 7.08. The molecule has 0 aliphatic carbocycles. The summed E-state index contributed by atoms with van der Waals surface area (Å²) < 4.78 is 0. The Kier molecular flexibility index (Phi) is 2.66. The van der Waals surface area contributed by atoms with Crippen molar-refractivity contribution in [1.29, 1.82) is 0 Å². The van der Waals surface area contributed by atoms with Gasteiger partial charge in [-0.05, 0) is 22.9 Å². The van der Waals surface area contributed by atoms with Crippen molar-refractivity contribution in [1.82, 2.24) is 0 Å². The van der Waals surface area contributed by atoms with E-state index in [9.17, 15) is 4.79 Å². The number of carbonyl (C=O) groups is 1. The van der Waals surface area contributed by atoms with E-state index in [-0.39, 0.29) is 0 Å². The first-order chi connectivity index (χ1) is 4.84. The van der Waals surface area contributed by atoms with Crippen LogP contribution in [0.25, 0.3) is 5.03 Å². The molecule has 1 aromatic heterocycles. The predicted molar refractivity (Wildman–Crippen MR) is 44.2 cm³/mol. The van der Waals surface area contributed by atoms with Crippen LogP contribution in [0, 0.1) is 0 Å². The van der Waals surface area contributed by atoms with Crippen LogP contribution >= 0.6 is 22.9 Å². The van der Waals surface area contributed by atoms with Gasteiger partial charge < -0.3 is 0 Å². The molecule has 1 aromatic rings. The number of rotatable bonds is 2. The average molecular weight is 173 g/mol. The van der Waals surface area contributed by atoms with E-state index in [0.29, 0.717) is 11.3 Å². The maximum atomic E-state index is 9.95. The first kappa shape index (κ1) is 7.51. The van der Waals surface area contributed by atoms with Gasteiger partial charge in [0, 0.05) is 5.56 Å². The minimum atomic E-state index is 0.497. The molecule has 0 saturated carbocycles. The van der Waals surface area contributed by atoms with Gasteiger partial charge in [-0.2, -0.15) is 11.3 Å². The minimum Gasteiger partial charge on any atom is -0.299 e. The molecule has 0 unspecified atom stereocenters. The van der Waals surface area contributed by atoms with Crippen LogP contribution in [0.15, 0.2) is 22.9 Å². The quantitative estimate of drug-likeness (QED) is 0.495. The zero-order chi connectivity index (χ0) is 7.40. The van der Waals surface area contributed by atoms with Gasteiger partial charge in [-0.3, -0.25) is 4.79 Å². The maximum absolute atomic E-state index is 9.95. The number of hydrogen-bond donors (Lipinski definition) is 0. The second kappa shape index (κ2) is 3.54. The van der Waals surface area contributed by atoms with Crippen LogP contribution in [0.3, 0.4) is 0 Å². The molecule has 0 bridgehead atoms. The lowest BCUT2D eigenvalue weighted by atomic mass is 10.3. The molecular formula is C7H5ClOS.